The normalized spacial score (nSPS) is 21.1. The lowest BCUT2D eigenvalue weighted by molar-refractivity contribution is -0.125. The number of carbonyl (C=O) groups excluding carboxylic acids is 3. The van der Waals surface area contributed by atoms with E-state index in [1.54, 1.807) is 4.90 Å². The number of benzene rings is 1. The zero-order valence-electron chi connectivity index (χ0n) is 17.2. The van der Waals surface area contributed by atoms with Crippen LogP contribution in [0.4, 0.5) is 11.4 Å². The largest absolute Gasteiger partial charge is 0.358 e. The third kappa shape index (κ3) is 3.82. The number of piperidine rings is 1. The molecule has 1 N–H and O–H groups in total. The van der Waals surface area contributed by atoms with E-state index in [1.165, 1.54) is 0 Å². The summed E-state index contributed by atoms with van der Waals surface area (Å²) in [4.78, 5) is 44.2. The van der Waals surface area contributed by atoms with Crippen molar-refractivity contribution in [3.05, 3.63) is 23.8 Å². The number of carbonyl (C=O) groups is 3. The van der Waals surface area contributed by atoms with Crippen molar-refractivity contribution in [2.45, 2.75) is 51.5 Å². The molecule has 2 fully saturated rings. The van der Waals surface area contributed by atoms with Crippen molar-refractivity contribution in [3.63, 3.8) is 0 Å². The molecular formula is C22H30N4O3. The molecule has 0 spiro atoms. The molecule has 4 rings (SSSR count). The maximum Gasteiger partial charge on any atom is 0.253 e. The first-order valence-electron chi connectivity index (χ1n) is 10.9. The number of nitrogens with zero attached hydrogens (tertiary/aromatic N) is 3. The van der Waals surface area contributed by atoms with Crippen LogP contribution in [0.25, 0.3) is 0 Å². The Labute approximate surface area is 172 Å². The van der Waals surface area contributed by atoms with Gasteiger partial charge in [-0.2, -0.15) is 0 Å². The SMILES string of the molecule is CCCNC(=O)CN1C(=O)[C@H]2CCCCN2c2ccc(C(=O)N3CCCC3)cc21. The molecule has 2 saturated heterocycles. The summed E-state index contributed by atoms with van der Waals surface area (Å²) >= 11 is 0. The zero-order valence-corrected chi connectivity index (χ0v) is 17.2. The highest BCUT2D eigenvalue weighted by molar-refractivity contribution is 6.09. The summed E-state index contributed by atoms with van der Waals surface area (Å²) in [5.74, 6) is -0.185. The fourth-order valence-electron chi connectivity index (χ4n) is 4.62. The quantitative estimate of drug-likeness (QED) is 0.825. The maximum atomic E-state index is 13.3. The number of rotatable bonds is 5. The highest BCUT2D eigenvalue weighted by Gasteiger charge is 2.40. The summed E-state index contributed by atoms with van der Waals surface area (Å²) in [6.45, 7) is 4.99. The molecule has 7 heteroatoms. The molecule has 29 heavy (non-hydrogen) atoms. The minimum absolute atomic E-state index is 0.00245. The van der Waals surface area contributed by atoms with Crippen LogP contribution < -0.4 is 15.1 Å². The van der Waals surface area contributed by atoms with Gasteiger partial charge in [0, 0.05) is 31.7 Å². The molecule has 0 aromatic heterocycles. The van der Waals surface area contributed by atoms with Crippen LogP contribution in [0.1, 0.15) is 55.8 Å². The fraction of sp³-hybridized carbons (Fsp3) is 0.591. The van der Waals surface area contributed by atoms with Crippen LogP contribution in [0.3, 0.4) is 0 Å². The lowest BCUT2D eigenvalue weighted by Gasteiger charge is -2.45. The maximum absolute atomic E-state index is 13.3. The Morgan fingerprint density at radius 2 is 1.83 bits per heavy atom. The Bertz CT molecular complexity index is 803. The van der Waals surface area contributed by atoms with E-state index in [4.69, 9.17) is 0 Å². The van der Waals surface area contributed by atoms with Gasteiger partial charge in [-0.15, -0.1) is 0 Å². The van der Waals surface area contributed by atoms with Gasteiger partial charge in [-0.05, 0) is 56.7 Å². The Morgan fingerprint density at radius 1 is 1.07 bits per heavy atom. The van der Waals surface area contributed by atoms with Gasteiger partial charge in [0.05, 0.1) is 11.4 Å². The van der Waals surface area contributed by atoms with E-state index < -0.39 is 0 Å². The summed E-state index contributed by atoms with van der Waals surface area (Å²) in [5.41, 5.74) is 2.23. The van der Waals surface area contributed by atoms with Gasteiger partial charge in [-0.1, -0.05) is 6.92 Å². The van der Waals surface area contributed by atoms with E-state index in [1.807, 2.05) is 30.0 Å². The first-order chi connectivity index (χ1) is 14.1. The van der Waals surface area contributed by atoms with Gasteiger partial charge in [0.2, 0.25) is 11.8 Å². The van der Waals surface area contributed by atoms with E-state index in [0.29, 0.717) is 17.8 Å². The third-order valence-corrected chi connectivity index (χ3v) is 6.14. The van der Waals surface area contributed by atoms with Gasteiger partial charge >= 0.3 is 0 Å². The highest BCUT2D eigenvalue weighted by atomic mass is 16.2. The van der Waals surface area contributed by atoms with E-state index in [0.717, 1.165) is 63.8 Å². The van der Waals surface area contributed by atoms with E-state index in [9.17, 15) is 14.4 Å². The molecule has 3 aliphatic heterocycles. The minimum Gasteiger partial charge on any atom is -0.358 e. The van der Waals surface area contributed by atoms with Crippen LogP contribution in [-0.4, -0.2) is 61.4 Å². The molecule has 1 atom stereocenters. The number of hydrogen-bond acceptors (Lipinski definition) is 4. The molecule has 1 aromatic carbocycles. The van der Waals surface area contributed by atoms with Crippen LogP contribution in [-0.2, 0) is 9.59 Å². The van der Waals surface area contributed by atoms with Crippen LogP contribution in [0.5, 0.6) is 0 Å². The lowest BCUT2D eigenvalue weighted by atomic mass is 9.95. The second kappa shape index (κ2) is 8.43. The first kappa shape index (κ1) is 19.7. The van der Waals surface area contributed by atoms with E-state index in [2.05, 4.69) is 10.2 Å². The predicted molar refractivity (Wildman–Crippen MR) is 112 cm³/mol. The van der Waals surface area contributed by atoms with Gasteiger partial charge in [0.15, 0.2) is 0 Å². The van der Waals surface area contributed by atoms with Crippen molar-refractivity contribution < 1.29 is 14.4 Å². The van der Waals surface area contributed by atoms with Gasteiger partial charge in [-0.25, -0.2) is 0 Å². The van der Waals surface area contributed by atoms with E-state index >= 15 is 0 Å². The third-order valence-electron chi connectivity index (χ3n) is 6.14. The van der Waals surface area contributed by atoms with Crippen molar-refractivity contribution in [1.29, 1.82) is 0 Å². The molecule has 156 valence electrons. The average molecular weight is 399 g/mol. The molecule has 0 unspecified atom stereocenters. The Hall–Kier alpha value is -2.57. The Morgan fingerprint density at radius 3 is 2.59 bits per heavy atom. The van der Waals surface area contributed by atoms with Crippen LogP contribution >= 0.6 is 0 Å². The molecule has 3 aliphatic rings. The zero-order chi connectivity index (χ0) is 20.4. The highest BCUT2D eigenvalue weighted by Crippen LogP contribution is 2.40. The van der Waals surface area contributed by atoms with Crippen molar-refractivity contribution in [3.8, 4) is 0 Å². The van der Waals surface area contributed by atoms with Gasteiger partial charge in [-0.3, -0.25) is 19.3 Å². The predicted octanol–water partition coefficient (Wildman–Crippen LogP) is 2.15. The lowest BCUT2D eigenvalue weighted by Crippen LogP contribution is -2.57. The summed E-state index contributed by atoms with van der Waals surface area (Å²) in [7, 11) is 0. The van der Waals surface area contributed by atoms with Crippen LogP contribution in [0.15, 0.2) is 18.2 Å². The molecule has 1 aromatic rings. The summed E-state index contributed by atoms with van der Waals surface area (Å²) in [5, 5.41) is 2.86. The Kier molecular flexibility index (Phi) is 5.74. The summed E-state index contributed by atoms with van der Waals surface area (Å²) in [6.07, 6.45) is 5.79. The van der Waals surface area contributed by atoms with Crippen molar-refractivity contribution in [2.75, 3.05) is 42.5 Å². The van der Waals surface area contributed by atoms with Gasteiger partial charge in [0.25, 0.3) is 5.91 Å². The smallest absolute Gasteiger partial charge is 0.253 e. The molecule has 7 nitrogen and oxygen atoms in total. The van der Waals surface area contributed by atoms with Crippen molar-refractivity contribution >= 4 is 29.1 Å². The number of hydrogen-bond donors (Lipinski definition) is 1. The molecule has 0 radical (unpaired) electrons. The monoisotopic (exact) mass is 398 g/mol. The average Bonchev–Trinajstić information content (AvgIpc) is 3.29. The second-order valence-corrected chi connectivity index (χ2v) is 8.18. The number of anilines is 2. The van der Waals surface area contributed by atoms with Gasteiger partial charge < -0.3 is 15.1 Å². The topological polar surface area (TPSA) is 73.0 Å². The number of likely N-dealkylation sites (tertiary alicyclic amines) is 1. The summed E-state index contributed by atoms with van der Waals surface area (Å²) in [6, 6.07) is 5.43. The standard InChI is InChI=1S/C22H30N4O3/c1-2-10-23-20(27)15-26-19-14-16(21(28)24-11-5-6-12-24)8-9-17(19)25-13-4-3-7-18(25)22(26)29/h8-9,14,18H,2-7,10-13,15H2,1H3,(H,23,27)/t18-/m1/s1. The molecular weight excluding hydrogens is 368 g/mol. The molecule has 3 amide bonds. The minimum atomic E-state index is -0.213. The number of amides is 3. The number of fused-ring (bicyclic) bond motifs is 3. The molecule has 3 heterocycles. The van der Waals surface area contributed by atoms with Crippen molar-refractivity contribution in [2.24, 2.45) is 0 Å². The second-order valence-electron chi connectivity index (χ2n) is 8.18. The van der Waals surface area contributed by atoms with E-state index in [-0.39, 0.29) is 30.3 Å². The van der Waals surface area contributed by atoms with Crippen LogP contribution in [0, 0.1) is 0 Å². The first-order valence-corrected chi connectivity index (χ1v) is 10.9. The number of nitrogens with one attached hydrogen (secondary N) is 1. The Balaban J connectivity index is 1.67. The summed E-state index contributed by atoms with van der Waals surface area (Å²) < 4.78 is 0. The fourth-order valence-corrected chi connectivity index (χ4v) is 4.62. The molecule has 0 saturated carbocycles. The van der Waals surface area contributed by atoms with Crippen LogP contribution in [0.2, 0.25) is 0 Å². The molecule has 0 aliphatic carbocycles. The van der Waals surface area contributed by atoms with Crippen molar-refractivity contribution in [1.82, 2.24) is 10.2 Å². The van der Waals surface area contributed by atoms with Gasteiger partial charge in [0.1, 0.15) is 12.6 Å². The molecule has 0 bridgehead atoms.